The van der Waals surface area contributed by atoms with Crippen LogP contribution in [0.3, 0.4) is 0 Å². The van der Waals surface area contributed by atoms with Crippen LogP contribution in [-0.4, -0.2) is 17.6 Å². The summed E-state index contributed by atoms with van der Waals surface area (Å²) in [5, 5.41) is 0.261. The second-order valence-corrected chi connectivity index (χ2v) is 3.91. The molecule has 0 saturated heterocycles. The van der Waals surface area contributed by atoms with E-state index in [4.69, 9.17) is 22.1 Å². The second kappa shape index (κ2) is 5.90. The number of rotatable bonds is 3. The van der Waals surface area contributed by atoms with E-state index in [0.29, 0.717) is 23.1 Å². The highest BCUT2D eigenvalue weighted by Crippen LogP contribution is 2.17. The normalized spacial score (nSPS) is 9.86. The highest BCUT2D eigenvalue weighted by molar-refractivity contribution is 8.13. The van der Waals surface area contributed by atoms with E-state index >= 15 is 0 Å². The summed E-state index contributed by atoms with van der Waals surface area (Å²) in [6, 6.07) is 6.61. The molecule has 0 unspecified atom stereocenters. The van der Waals surface area contributed by atoms with Crippen LogP contribution in [-0.2, 0) is 0 Å². The molecule has 0 heterocycles. The lowest BCUT2D eigenvalue weighted by molar-refractivity contribution is 0.227. The van der Waals surface area contributed by atoms with Crippen molar-refractivity contribution < 1.29 is 9.53 Å². The van der Waals surface area contributed by atoms with Crippen molar-refractivity contribution >= 4 is 28.7 Å². The van der Waals surface area contributed by atoms with Crippen molar-refractivity contribution in [3.8, 4) is 5.75 Å². The maximum atomic E-state index is 11.1. The molecule has 0 aromatic heterocycles. The van der Waals surface area contributed by atoms with Crippen molar-refractivity contribution in [2.75, 3.05) is 12.3 Å². The molecule has 14 heavy (non-hydrogen) atoms. The predicted molar refractivity (Wildman–Crippen MR) is 59.0 cm³/mol. The van der Waals surface area contributed by atoms with Crippen LogP contribution in [0.2, 0.25) is 5.02 Å². The molecular weight excluding hydrogens is 222 g/mol. The van der Waals surface area contributed by atoms with Gasteiger partial charge in [0.1, 0.15) is 5.75 Å². The summed E-state index contributed by atoms with van der Waals surface area (Å²) in [6.07, 6.45) is 0. The Morgan fingerprint density at radius 2 is 2.07 bits per heavy atom. The molecule has 0 aliphatic heterocycles. The van der Waals surface area contributed by atoms with Crippen LogP contribution in [0.1, 0.15) is 0 Å². The topological polar surface area (TPSA) is 52.3 Å². The minimum Gasteiger partial charge on any atom is -0.418 e. The van der Waals surface area contributed by atoms with Crippen LogP contribution in [0, 0.1) is 0 Å². The van der Waals surface area contributed by atoms with Gasteiger partial charge >= 0.3 is 5.30 Å². The number of thioether (sulfide) groups is 1. The fourth-order valence-corrected chi connectivity index (χ4v) is 1.34. The quantitative estimate of drug-likeness (QED) is 0.813. The first-order chi connectivity index (χ1) is 6.72. The highest BCUT2D eigenvalue weighted by atomic mass is 35.5. The Hall–Kier alpha value is -0.710. The Morgan fingerprint density at radius 3 is 2.64 bits per heavy atom. The smallest absolute Gasteiger partial charge is 0.372 e. The van der Waals surface area contributed by atoms with Gasteiger partial charge in [0.15, 0.2) is 0 Å². The third kappa shape index (κ3) is 4.00. The number of benzene rings is 1. The summed E-state index contributed by atoms with van der Waals surface area (Å²) >= 11 is 6.73. The number of hydrogen-bond acceptors (Lipinski definition) is 4. The van der Waals surface area contributed by atoms with Gasteiger partial charge in [0.2, 0.25) is 0 Å². The van der Waals surface area contributed by atoms with Crippen molar-refractivity contribution in [3.63, 3.8) is 0 Å². The lowest BCUT2D eigenvalue weighted by Crippen LogP contribution is -2.07. The summed E-state index contributed by atoms with van der Waals surface area (Å²) in [5.41, 5.74) is 5.24. The van der Waals surface area contributed by atoms with E-state index in [1.165, 1.54) is 0 Å². The van der Waals surface area contributed by atoms with Crippen LogP contribution in [0.4, 0.5) is 4.79 Å². The highest BCUT2D eigenvalue weighted by Gasteiger charge is 2.04. The van der Waals surface area contributed by atoms with Crippen LogP contribution in [0.25, 0.3) is 0 Å². The van der Waals surface area contributed by atoms with E-state index in [-0.39, 0.29) is 5.30 Å². The Balaban J connectivity index is 2.44. The number of carbonyl (C=O) groups is 1. The van der Waals surface area contributed by atoms with Crippen LogP contribution in [0.15, 0.2) is 24.3 Å². The van der Waals surface area contributed by atoms with Gasteiger partial charge in [-0.25, -0.2) is 4.79 Å². The molecule has 5 heteroatoms. The summed E-state index contributed by atoms with van der Waals surface area (Å²) in [6.45, 7) is 0.459. The van der Waals surface area contributed by atoms with Crippen LogP contribution in [0.5, 0.6) is 5.75 Å². The van der Waals surface area contributed by atoms with Crippen LogP contribution < -0.4 is 10.5 Å². The average Bonchev–Trinajstić information content (AvgIpc) is 2.18. The Bertz CT molecular complexity index is 302. The number of halogens is 1. The largest absolute Gasteiger partial charge is 0.418 e. The fraction of sp³-hybridized carbons (Fsp3) is 0.222. The average molecular weight is 232 g/mol. The third-order valence-electron chi connectivity index (χ3n) is 1.35. The lowest BCUT2D eigenvalue weighted by Gasteiger charge is -2.02. The van der Waals surface area contributed by atoms with E-state index in [1.807, 2.05) is 0 Å². The van der Waals surface area contributed by atoms with Crippen molar-refractivity contribution in [3.05, 3.63) is 29.3 Å². The number of nitrogens with two attached hydrogens (primary N) is 1. The minimum absolute atomic E-state index is 0.349. The van der Waals surface area contributed by atoms with Crippen molar-refractivity contribution in [1.82, 2.24) is 0 Å². The fourth-order valence-electron chi connectivity index (χ4n) is 0.771. The van der Waals surface area contributed by atoms with E-state index < -0.39 is 0 Å². The van der Waals surface area contributed by atoms with E-state index in [1.54, 1.807) is 24.3 Å². The number of carbonyl (C=O) groups excluding carboxylic acids is 1. The molecule has 3 nitrogen and oxygen atoms in total. The summed E-state index contributed by atoms with van der Waals surface area (Å²) < 4.78 is 4.98. The molecule has 1 aromatic rings. The van der Waals surface area contributed by atoms with Crippen molar-refractivity contribution in [2.45, 2.75) is 0 Å². The van der Waals surface area contributed by atoms with Gasteiger partial charge in [0.05, 0.1) is 0 Å². The third-order valence-corrected chi connectivity index (χ3v) is 2.36. The zero-order valence-corrected chi connectivity index (χ0v) is 8.98. The standard InChI is InChI=1S/C9H10ClNO2S/c10-7-1-3-8(4-2-7)13-9(12)14-6-5-11/h1-4H,5-6,11H2. The Kier molecular flexibility index (Phi) is 4.79. The molecule has 76 valence electrons. The van der Waals surface area contributed by atoms with E-state index in [0.717, 1.165) is 11.8 Å². The molecule has 1 rings (SSSR count). The molecule has 1 aromatic carbocycles. The van der Waals surface area contributed by atoms with Gasteiger partial charge in [-0.2, -0.15) is 0 Å². The monoisotopic (exact) mass is 231 g/mol. The van der Waals surface area contributed by atoms with Gasteiger partial charge in [0, 0.05) is 17.3 Å². The first kappa shape index (κ1) is 11.4. The summed E-state index contributed by atoms with van der Waals surface area (Å²) in [5.74, 6) is 1.05. The molecule has 0 fully saturated rings. The zero-order valence-electron chi connectivity index (χ0n) is 7.40. The van der Waals surface area contributed by atoms with Gasteiger partial charge in [-0.1, -0.05) is 11.6 Å². The number of hydrogen-bond donors (Lipinski definition) is 1. The molecule has 0 aliphatic carbocycles. The molecule has 2 N–H and O–H groups in total. The molecule has 0 bridgehead atoms. The Morgan fingerprint density at radius 1 is 1.43 bits per heavy atom. The summed E-state index contributed by atoms with van der Waals surface area (Å²) in [4.78, 5) is 11.1. The maximum absolute atomic E-state index is 11.1. The molecule has 0 saturated carbocycles. The van der Waals surface area contributed by atoms with Gasteiger partial charge in [0.25, 0.3) is 0 Å². The zero-order chi connectivity index (χ0) is 10.4. The van der Waals surface area contributed by atoms with E-state index in [2.05, 4.69) is 0 Å². The molecule has 0 aliphatic rings. The van der Waals surface area contributed by atoms with E-state index in [9.17, 15) is 4.79 Å². The predicted octanol–water partition coefficient (Wildman–Crippen LogP) is 2.53. The van der Waals surface area contributed by atoms with Gasteiger partial charge < -0.3 is 10.5 Å². The number of ether oxygens (including phenoxy) is 1. The molecule has 0 spiro atoms. The van der Waals surface area contributed by atoms with Gasteiger partial charge in [-0.05, 0) is 36.0 Å². The minimum atomic E-state index is -0.349. The van der Waals surface area contributed by atoms with Gasteiger partial charge in [-0.15, -0.1) is 0 Å². The first-order valence-corrected chi connectivity index (χ1v) is 5.39. The van der Waals surface area contributed by atoms with Gasteiger partial charge in [-0.3, -0.25) is 0 Å². The summed E-state index contributed by atoms with van der Waals surface area (Å²) in [7, 11) is 0. The first-order valence-electron chi connectivity index (χ1n) is 4.02. The SMILES string of the molecule is NCCSC(=O)Oc1ccc(Cl)cc1. The second-order valence-electron chi connectivity index (χ2n) is 2.44. The molecular formula is C9H10ClNO2S. The Labute approximate surface area is 91.6 Å². The van der Waals surface area contributed by atoms with Crippen molar-refractivity contribution in [1.29, 1.82) is 0 Å². The molecule has 0 radical (unpaired) electrons. The molecule has 0 atom stereocenters. The van der Waals surface area contributed by atoms with Crippen LogP contribution >= 0.6 is 23.4 Å². The molecule has 0 amide bonds. The maximum Gasteiger partial charge on any atom is 0.372 e. The van der Waals surface area contributed by atoms with Crippen molar-refractivity contribution in [2.24, 2.45) is 5.73 Å². The lowest BCUT2D eigenvalue weighted by atomic mass is 10.3.